The number of thiocarbonyl (C=S) groups is 1. The van der Waals surface area contributed by atoms with Crippen LogP contribution in [-0.4, -0.2) is 22.1 Å². The first-order valence-electron chi connectivity index (χ1n) is 5.57. The Morgan fingerprint density at radius 2 is 2.07 bits per heavy atom. The quantitative estimate of drug-likeness (QED) is 0.498. The highest BCUT2D eigenvalue weighted by atomic mass is 32.1. The van der Waals surface area contributed by atoms with E-state index in [9.17, 15) is 4.79 Å². The Bertz CT molecular complexity index is 207. The van der Waals surface area contributed by atoms with Crippen molar-refractivity contribution in [2.45, 2.75) is 58.4 Å². The second-order valence-electron chi connectivity index (χ2n) is 3.88. The lowest BCUT2D eigenvalue weighted by atomic mass is 10.1. The second-order valence-corrected chi connectivity index (χ2v) is 4.37. The van der Waals surface area contributed by atoms with Crippen LogP contribution in [0, 0.1) is 0 Å². The molecule has 0 radical (unpaired) electrons. The minimum Gasteiger partial charge on any atom is -0.481 e. The van der Waals surface area contributed by atoms with Crippen LogP contribution < -0.4 is 5.32 Å². The monoisotopic (exact) mass is 231 g/mol. The molecule has 1 unspecified atom stereocenters. The van der Waals surface area contributed by atoms with Gasteiger partial charge in [-0.15, -0.1) is 0 Å². The average Bonchev–Trinajstić information content (AvgIpc) is 2.10. The Morgan fingerprint density at radius 1 is 1.40 bits per heavy atom. The number of nitrogens with one attached hydrogen (secondary N) is 1. The summed E-state index contributed by atoms with van der Waals surface area (Å²) in [4.78, 5) is 11.2. The molecule has 1 atom stereocenters. The average molecular weight is 231 g/mol. The summed E-state index contributed by atoms with van der Waals surface area (Å²) in [7, 11) is 0. The summed E-state index contributed by atoms with van der Waals surface area (Å²) in [5.74, 6) is -0.788. The minimum atomic E-state index is -0.788. The Labute approximate surface area is 97.3 Å². The van der Waals surface area contributed by atoms with Crippen LogP contribution in [0.4, 0.5) is 0 Å². The molecule has 0 aromatic carbocycles. The molecule has 0 rings (SSSR count). The number of hydrogen-bond donors (Lipinski definition) is 2. The fourth-order valence-electron chi connectivity index (χ4n) is 1.37. The van der Waals surface area contributed by atoms with Crippen molar-refractivity contribution in [3.63, 3.8) is 0 Å². The van der Waals surface area contributed by atoms with Gasteiger partial charge in [0.05, 0.1) is 11.4 Å². The van der Waals surface area contributed by atoms with Crippen LogP contribution >= 0.6 is 12.2 Å². The summed E-state index contributed by atoms with van der Waals surface area (Å²) < 4.78 is 0. The number of hydrogen-bond acceptors (Lipinski definition) is 2. The van der Waals surface area contributed by atoms with Crippen molar-refractivity contribution >= 4 is 23.2 Å². The van der Waals surface area contributed by atoms with Crippen LogP contribution in [0.5, 0.6) is 0 Å². The molecule has 0 saturated heterocycles. The van der Waals surface area contributed by atoms with E-state index in [1.807, 2.05) is 6.92 Å². The number of carboxylic acids is 1. The molecule has 0 fully saturated rings. The first-order valence-corrected chi connectivity index (χ1v) is 5.98. The van der Waals surface area contributed by atoms with Gasteiger partial charge in [-0.2, -0.15) is 0 Å². The maximum atomic E-state index is 10.4. The molecule has 0 aliphatic carbocycles. The number of unbranched alkanes of at least 4 members (excludes halogenated alkanes) is 3. The molecule has 2 N–H and O–H groups in total. The van der Waals surface area contributed by atoms with E-state index >= 15 is 0 Å². The predicted octanol–water partition coefficient (Wildman–Crippen LogP) is 2.74. The molecular weight excluding hydrogens is 210 g/mol. The zero-order valence-corrected chi connectivity index (χ0v) is 10.4. The number of carbonyl (C=O) groups is 1. The van der Waals surface area contributed by atoms with Gasteiger partial charge in [0.25, 0.3) is 0 Å². The van der Waals surface area contributed by atoms with Gasteiger partial charge in [-0.25, -0.2) is 0 Å². The third-order valence-electron chi connectivity index (χ3n) is 2.15. The third-order valence-corrected chi connectivity index (χ3v) is 2.47. The molecular formula is C11H21NO2S. The largest absolute Gasteiger partial charge is 0.481 e. The normalized spacial score (nSPS) is 12.1. The van der Waals surface area contributed by atoms with Crippen LogP contribution in [0.3, 0.4) is 0 Å². The number of rotatable bonds is 8. The van der Waals surface area contributed by atoms with Crippen LogP contribution in [-0.2, 0) is 4.79 Å². The number of carboxylic acid groups (broad SMARTS) is 1. The van der Waals surface area contributed by atoms with Crippen molar-refractivity contribution in [2.75, 3.05) is 0 Å². The van der Waals surface area contributed by atoms with Crippen molar-refractivity contribution in [3.8, 4) is 0 Å². The van der Waals surface area contributed by atoms with E-state index in [2.05, 4.69) is 12.2 Å². The topological polar surface area (TPSA) is 49.3 Å². The first-order chi connectivity index (χ1) is 7.06. The summed E-state index contributed by atoms with van der Waals surface area (Å²) in [5.41, 5.74) is 0. The SMILES string of the molecule is CCCCCCC(=S)NC(C)CC(=O)O. The zero-order chi connectivity index (χ0) is 11.7. The van der Waals surface area contributed by atoms with Gasteiger partial charge < -0.3 is 10.4 Å². The highest BCUT2D eigenvalue weighted by molar-refractivity contribution is 7.80. The van der Waals surface area contributed by atoms with Crippen LogP contribution in [0.1, 0.15) is 52.4 Å². The summed E-state index contributed by atoms with van der Waals surface area (Å²) in [6.45, 7) is 4.01. The van der Waals surface area contributed by atoms with Crippen molar-refractivity contribution in [3.05, 3.63) is 0 Å². The van der Waals surface area contributed by atoms with Gasteiger partial charge in [0, 0.05) is 6.04 Å². The molecule has 15 heavy (non-hydrogen) atoms. The second kappa shape index (κ2) is 8.65. The molecule has 0 aliphatic heterocycles. The van der Waals surface area contributed by atoms with Gasteiger partial charge in [0.2, 0.25) is 0 Å². The Morgan fingerprint density at radius 3 is 2.60 bits per heavy atom. The molecule has 0 aromatic heterocycles. The maximum absolute atomic E-state index is 10.4. The predicted molar refractivity (Wildman–Crippen MR) is 66.2 cm³/mol. The van der Waals surface area contributed by atoms with Crippen molar-refractivity contribution < 1.29 is 9.90 Å². The van der Waals surface area contributed by atoms with Gasteiger partial charge >= 0.3 is 5.97 Å². The fourth-order valence-corrected chi connectivity index (χ4v) is 1.72. The summed E-state index contributed by atoms with van der Waals surface area (Å²) in [6, 6.07) is -0.0684. The van der Waals surface area contributed by atoms with Crippen molar-refractivity contribution in [2.24, 2.45) is 0 Å². The molecule has 0 saturated carbocycles. The molecule has 0 heterocycles. The summed E-state index contributed by atoms with van der Waals surface area (Å²) >= 11 is 5.13. The fraction of sp³-hybridized carbons (Fsp3) is 0.818. The highest BCUT2D eigenvalue weighted by Crippen LogP contribution is 2.03. The molecule has 4 heteroatoms. The van der Waals surface area contributed by atoms with Gasteiger partial charge in [-0.05, 0) is 19.8 Å². The summed E-state index contributed by atoms with van der Waals surface area (Å²) in [5, 5.41) is 11.6. The van der Waals surface area contributed by atoms with Crippen LogP contribution in [0.15, 0.2) is 0 Å². The number of aliphatic carboxylic acids is 1. The van der Waals surface area contributed by atoms with Gasteiger partial charge in [-0.3, -0.25) is 4.79 Å². The molecule has 88 valence electrons. The van der Waals surface area contributed by atoms with Gasteiger partial charge in [0.1, 0.15) is 0 Å². The molecule has 0 amide bonds. The van der Waals surface area contributed by atoms with Gasteiger partial charge in [-0.1, -0.05) is 38.4 Å². The molecule has 0 bridgehead atoms. The molecule has 0 aliphatic rings. The molecule has 0 aromatic rings. The van der Waals surface area contributed by atoms with E-state index < -0.39 is 5.97 Å². The third kappa shape index (κ3) is 9.66. The highest BCUT2D eigenvalue weighted by Gasteiger charge is 2.07. The van der Waals surface area contributed by atoms with E-state index in [-0.39, 0.29) is 12.5 Å². The Kier molecular flexibility index (Phi) is 8.28. The first kappa shape index (κ1) is 14.4. The lowest BCUT2D eigenvalue weighted by Crippen LogP contribution is -2.32. The standard InChI is InChI=1S/C11H21NO2S/c1-3-4-5-6-7-10(15)12-9(2)8-11(13)14/h9H,3-8H2,1-2H3,(H,12,15)(H,13,14). The lowest BCUT2D eigenvalue weighted by Gasteiger charge is -2.13. The smallest absolute Gasteiger partial charge is 0.305 e. The molecule has 3 nitrogen and oxygen atoms in total. The zero-order valence-electron chi connectivity index (χ0n) is 9.58. The minimum absolute atomic E-state index is 0.0684. The van der Waals surface area contributed by atoms with E-state index in [1.54, 1.807) is 0 Å². The molecule has 0 spiro atoms. The Hall–Kier alpha value is -0.640. The lowest BCUT2D eigenvalue weighted by molar-refractivity contribution is -0.137. The van der Waals surface area contributed by atoms with Crippen LogP contribution in [0.2, 0.25) is 0 Å². The van der Waals surface area contributed by atoms with Crippen LogP contribution in [0.25, 0.3) is 0 Å². The van der Waals surface area contributed by atoms with E-state index in [4.69, 9.17) is 17.3 Å². The van der Waals surface area contributed by atoms with Gasteiger partial charge in [0.15, 0.2) is 0 Å². The van der Waals surface area contributed by atoms with E-state index in [1.165, 1.54) is 19.3 Å². The van der Waals surface area contributed by atoms with Crippen molar-refractivity contribution in [1.29, 1.82) is 0 Å². The Balaban J connectivity index is 3.51. The van der Waals surface area contributed by atoms with E-state index in [0.29, 0.717) is 0 Å². The maximum Gasteiger partial charge on any atom is 0.305 e. The summed E-state index contributed by atoms with van der Waals surface area (Å²) in [6.07, 6.45) is 5.75. The van der Waals surface area contributed by atoms with E-state index in [0.717, 1.165) is 17.8 Å². The van der Waals surface area contributed by atoms with Crippen molar-refractivity contribution in [1.82, 2.24) is 5.32 Å².